The molecule has 0 amide bonds. The topological polar surface area (TPSA) is 82.1 Å². The van der Waals surface area contributed by atoms with Crippen LogP contribution in [0.4, 0.5) is 0 Å². The first-order valence-electron chi connectivity index (χ1n) is 9.08. The minimum atomic E-state index is -4.23. The molecular formula is C18H29N3O4S. The molecular weight excluding hydrogens is 354 g/mol. The van der Waals surface area contributed by atoms with Crippen LogP contribution in [-0.4, -0.2) is 75.2 Å². The lowest BCUT2D eigenvalue weighted by Gasteiger charge is -2.45. The van der Waals surface area contributed by atoms with Crippen molar-refractivity contribution in [3.8, 4) is 5.75 Å². The highest BCUT2D eigenvalue weighted by atomic mass is 32.2. The number of hydrogen-bond donors (Lipinski definition) is 2. The normalized spacial score (nSPS) is 20.6. The molecule has 2 aliphatic heterocycles. The average Bonchev–Trinajstić information content (AvgIpc) is 3.03. The van der Waals surface area contributed by atoms with Crippen molar-refractivity contribution in [3.05, 3.63) is 29.3 Å². The molecule has 26 heavy (non-hydrogen) atoms. The van der Waals surface area contributed by atoms with Gasteiger partial charge in [-0.3, -0.25) is 9.45 Å². The van der Waals surface area contributed by atoms with Gasteiger partial charge in [-0.15, -0.1) is 0 Å². The molecule has 146 valence electrons. The second kappa shape index (κ2) is 7.44. The zero-order valence-corrected chi connectivity index (χ0v) is 16.6. The van der Waals surface area contributed by atoms with Crippen LogP contribution in [-0.2, 0) is 22.1 Å². The first-order valence-corrected chi connectivity index (χ1v) is 10.5. The molecule has 0 saturated carbocycles. The van der Waals surface area contributed by atoms with Gasteiger partial charge in [0.25, 0.3) is 0 Å². The lowest BCUT2D eigenvalue weighted by Crippen LogP contribution is -2.58. The van der Waals surface area contributed by atoms with E-state index in [1.807, 2.05) is 6.07 Å². The molecule has 1 unspecified atom stereocenters. The summed E-state index contributed by atoms with van der Waals surface area (Å²) in [6, 6.07) is 6.19. The van der Waals surface area contributed by atoms with Crippen LogP contribution in [0, 0.1) is 0 Å². The number of ether oxygens (including phenoxy) is 1. The van der Waals surface area contributed by atoms with Crippen molar-refractivity contribution in [2.75, 3.05) is 46.4 Å². The van der Waals surface area contributed by atoms with Crippen LogP contribution in [0.5, 0.6) is 5.75 Å². The minimum absolute atomic E-state index is 0.0708. The molecule has 2 aliphatic rings. The summed E-state index contributed by atoms with van der Waals surface area (Å²) in [5, 5.41) is 0. The average molecular weight is 384 g/mol. The first-order chi connectivity index (χ1) is 12.2. The third-order valence-electron chi connectivity index (χ3n) is 5.70. The predicted octanol–water partition coefficient (Wildman–Crippen LogP) is 0.908. The van der Waals surface area contributed by atoms with Gasteiger partial charge in [0.05, 0.1) is 6.61 Å². The largest absolute Gasteiger partial charge is 0.493 e. The number of likely N-dealkylation sites (N-methyl/N-ethyl adjacent to an activating group) is 1. The van der Waals surface area contributed by atoms with Crippen LogP contribution in [0.15, 0.2) is 18.2 Å². The van der Waals surface area contributed by atoms with E-state index in [9.17, 15) is 13.0 Å². The maximum absolute atomic E-state index is 11.3. The molecule has 1 atom stereocenters. The number of nitrogens with zero attached hydrogens (tertiary/aromatic N) is 2. The van der Waals surface area contributed by atoms with Gasteiger partial charge in [0.2, 0.25) is 0 Å². The Bertz CT molecular complexity index is 743. The predicted molar refractivity (Wildman–Crippen MR) is 101 cm³/mol. The molecule has 2 N–H and O–H groups in total. The summed E-state index contributed by atoms with van der Waals surface area (Å²) in [6.07, 6.45) is 0.904. The number of hydrogen-bond acceptors (Lipinski definition) is 5. The summed E-state index contributed by atoms with van der Waals surface area (Å²) in [5.74, 6) is 0.941. The Morgan fingerprint density at radius 2 is 1.96 bits per heavy atom. The van der Waals surface area contributed by atoms with E-state index in [1.54, 1.807) is 0 Å². The highest BCUT2D eigenvalue weighted by Gasteiger charge is 2.37. The van der Waals surface area contributed by atoms with E-state index in [1.165, 1.54) is 5.56 Å². The number of nitrogens with one attached hydrogen (secondary N) is 1. The van der Waals surface area contributed by atoms with Gasteiger partial charge in [-0.25, -0.2) is 0 Å². The second-order valence-corrected chi connectivity index (χ2v) is 9.06. The molecule has 0 bridgehead atoms. The van der Waals surface area contributed by atoms with E-state index in [4.69, 9.17) is 4.74 Å². The fourth-order valence-electron chi connectivity index (χ4n) is 3.94. The molecule has 0 aromatic heterocycles. The summed E-state index contributed by atoms with van der Waals surface area (Å²) >= 11 is 0. The Balaban J connectivity index is 1.87. The molecule has 1 fully saturated rings. The summed E-state index contributed by atoms with van der Waals surface area (Å²) in [5.41, 5.74) is 2.06. The molecule has 0 radical (unpaired) electrons. The maximum Gasteiger partial charge on any atom is 0.333 e. The minimum Gasteiger partial charge on any atom is -0.493 e. The highest BCUT2D eigenvalue weighted by Crippen LogP contribution is 2.35. The lowest BCUT2D eigenvalue weighted by molar-refractivity contribution is 0.0773. The Hall–Kier alpha value is -1.19. The third-order valence-corrected chi connectivity index (χ3v) is 6.24. The molecule has 2 heterocycles. The number of rotatable bonds is 6. The lowest BCUT2D eigenvalue weighted by atomic mass is 9.76. The van der Waals surface area contributed by atoms with Crippen LogP contribution in [0.25, 0.3) is 0 Å². The van der Waals surface area contributed by atoms with E-state index in [-0.39, 0.29) is 18.0 Å². The van der Waals surface area contributed by atoms with Gasteiger partial charge in [-0.1, -0.05) is 26.0 Å². The summed E-state index contributed by atoms with van der Waals surface area (Å²) in [7, 11) is -2.14. The van der Waals surface area contributed by atoms with Crippen molar-refractivity contribution in [3.63, 3.8) is 0 Å². The number of fused-ring (bicyclic) bond motifs is 1. The van der Waals surface area contributed by atoms with Gasteiger partial charge < -0.3 is 9.64 Å². The van der Waals surface area contributed by atoms with Crippen molar-refractivity contribution in [2.45, 2.75) is 31.7 Å². The van der Waals surface area contributed by atoms with Crippen molar-refractivity contribution >= 4 is 10.3 Å². The van der Waals surface area contributed by atoms with E-state index in [0.717, 1.165) is 43.9 Å². The van der Waals surface area contributed by atoms with Crippen molar-refractivity contribution < 1.29 is 17.7 Å². The Labute approximate surface area is 156 Å². The first kappa shape index (κ1) is 19.6. The standard InChI is InChI=1S/C18H29N3O4S/c1-18(2,15-4-5-16-14(12-15)6-11-25-16)17(13-19-26(22,23)24)21-9-7-20(3)8-10-21/h4-5,12,17,19H,6-11,13H2,1-3H3,(H,22,23,24). The van der Waals surface area contributed by atoms with Crippen LogP contribution >= 0.6 is 0 Å². The molecule has 1 aromatic rings. The zero-order chi connectivity index (χ0) is 18.9. The fourth-order valence-corrected chi connectivity index (χ4v) is 4.31. The molecule has 7 nitrogen and oxygen atoms in total. The van der Waals surface area contributed by atoms with Crippen LogP contribution in [0.2, 0.25) is 0 Å². The summed E-state index contributed by atoms with van der Waals surface area (Å²) < 4.78 is 39.7. The number of benzene rings is 1. The Morgan fingerprint density at radius 3 is 2.62 bits per heavy atom. The van der Waals surface area contributed by atoms with Gasteiger partial charge in [0.1, 0.15) is 5.75 Å². The molecule has 0 aliphatic carbocycles. The highest BCUT2D eigenvalue weighted by molar-refractivity contribution is 7.83. The monoisotopic (exact) mass is 383 g/mol. The van der Waals surface area contributed by atoms with E-state index >= 15 is 0 Å². The van der Waals surface area contributed by atoms with Crippen molar-refractivity contribution in [1.29, 1.82) is 0 Å². The third kappa shape index (κ3) is 4.37. The van der Waals surface area contributed by atoms with E-state index in [2.05, 4.69) is 47.5 Å². The van der Waals surface area contributed by atoms with Crippen LogP contribution in [0.1, 0.15) is 25.0 Å². The smallest absolute Gasteiger partial charge is 0.333 e. The van der Waals surface area contributed by atoms with Gasteiger partial charge in [-0.2, -0.15) is 13.1 Å². The molecule has 1 aromatic carbocycles. The second-order valence-electron chi connectivity index (χ2n) is 7.82. The van der Waals surface area contributed by atoms with Crippen molar-refractivity contribution in [1.82, 2.24) is 14.5 Å². The maximum atomic E-state index is 11.3. The van der Waals surface area contributed by atoms with E-state index in [0.29, 0.717) is 6.61 Å². The van der Waals surface area contributed by atoms with Gasteiger partial charge in [0, 0.05) is 50.6 Å². The number of piperazine rings is 1. The zero-order valence-electron chi connectivity index (χ0n) is 15.7. The van der Waals surface area contributed by atoms with Gasteiger partial charge >= 0.3 is 10.3 Å². The Morgan fingerprint density at radius 1 is 1.27 bits per heavy atom. The molecule has 8 heteroatoms. The fraction of sp³-hybridized carbons (Fsp3) is 0.667. The van der Waals surface area contributed by atoms with Gasteiger partial charge in [-0.05, 0) is 24.2 Å². The quantitative estimate of drug-likeness (QED) is 0.711. The Kier molecular flexibility index (Phi) is 5.60. The summed E-state index contributed by atoms with van der Waals surface area (Å²) in [6.45, 7) is 8.78. The van der Waals surface area contributed by atoms with Crippen molar-refractivity contribution in [2.24, 2.45) is 0 Å². The molecule has 1 saturated heterocycles. The van der Waals surface area contributed by atoms with Crippen LogP contribution in [0.3, 0.4) is 0 Å². The SMILES string of the molecule is CN1CCN(C(CNS(=O)(=O)O)C(C)(C)c2ccc3c(c2)CCO3)CC1. The summed E-state index contributed by atoms with van der Waals surface area (Å²) in [4.78, 5) is 4.59. The molecule has 3 rings (SSSR count). The van der Waals surface area contributed by atoms with Gasteiger partial charge in [0.15, 0.2) is 0 Å². The van der Waals surface area contributed by atoms with Crippen LogP contribution < -0.4 is 9.46 Å². The molecule has 0 spiro atoms. The van der Waals surface area contributed by atoms with E-state index < -0.39 is 10.3 Å².